The summed E-state index contributed by atoms with van der Waals surface area (Å²) in [6.45, 7) is -0.186. The van der Waals surface area contributed by atoms with Crippen LogP contribution in [0, 0.1) is 0 Å². The highest BCUT2D eigenvalue weighted by molar-refractivity contribution is 8.18. The van der Waals surface area contributed by atoms with Crippen molar-refractivity contribution >= 4 is 34.9 Å². The molecule has 150 valence electrons. The van der Waals surface area contributed by atoms with E-state index in [1.54, 1.807) is 6.08 Å². The van der Waals surface area contributed by atoms with Gasteiger partial charge in [0.25, 0.3) is 11.1 Å². The van der Waals surface area contributed by atoms with Gasteiger partial charge in [0.05, 0.1) is 17.6 Å². The van der Waals surface area contributed by atoms with Crippen LogP contribution in [0.3, 0.4) is 0 Å². The first-order valence-electron chi connectivity index (χ1n) is 9.31. The van der Waals surface area contributed by atoms with Crippen molar-refractivity contribution in [2.75, 3.05) is 13.2 Å². The third kappa shape index (κ3) is 5.79. The van der Waals surface area contributed by atoms with Gasteiger partial charge < -0.3 is 10.4 Å². The van der Waals surface area contributed by atoms with Crippen molar-refractivity contribution in [1.82, 2.24) is 10.2 Å². The second kappa shape index (κ2) is 10.0. The Labute approximate surface area is 173 Å². The Morgan fingerprint density at radius 2 is 1.72 bits per heavy atom. The summed E-state index contributed by atoms with van der Waals surface area (Å²) in [5.41, 5.74) is 1.84. The van der Waals surface area contributed by atoms with Crippen molar-refractivity contribution in [1.29, 1.82) is 0 Å². The van der Waals surface area contributed by atoms with Crippen LogP contribution < -0.4 is 5.32 Å². The van der Waals surface area contributed by atoms with Crippen molar-refractivity contribution in [3.8, 4) is 0 Å². The lowest BCUT2D eigenvalue weighted by molar-refractivity contribution is -0.124. The van der Waals surface area contributed by atoms with Crippen molar-refractivity contribution in [2.45, 2.75) is 18.9 Å². The van der Waals surface area contributed by atoms with Gasteiger partial charge in [-0.05, 0) is 35.4 Å². The molecule has 1 fully saturated rings. The first-order valence-corrected chi connectivity index (χ1v) is 10.1. The second-order valence-corrected chi connectivity index (χ2v) is 7.62. The van der Waals surface area contributed by atoms with E-state index in [9.17, 15) is 19.5 Å². The predicted octanol–water partition coefficient (Wildman–Crippen LogP) is 2.83. The van der Waals surface area contributed by atoms with Gasteiger partial charge in [0.1, 0.15) is 0 Å². The molecule has 2 aromatic rings. The molecular weight excluding hydrogens is 388 g/mol. The number of benzene rings is 2. The van der Waals surface area contributed by atoms with Crippen LogP contribution in [0.15, 0.2) is 65.6 Å². The van der Waals surface area contributed by atoms with Crippen LogP contribution in [0.2, 0.25) is 0 Å². The lowest BCUT2D eigenvalue weighted by Crippen LogP contribution is -2.41. The first-order chi connectivity index (χ1) is 14.1. The number of aliphatic hydroxyl groups is 1. The van der Waals surface area contributed by atoms with Gasteiger partial charge in [-0.15, -0.1) is 0 Å². The van der Waals surface area contributed by atoms with Gasteiger partial charge in [-0.25, -0.2) is 0 Å². The average Bonchev–Trinajstić information content (AvgIpc) is 3.00. The van der Waals surface area contributed by atoms with E-state index in [4.69, 9.17) is 0 Å². The fourth-order valence-electron chi connectivity index (χ4n) is 2.97. The van der Waals surface area contributed by atoms with Crippen molar-refractivity contribution in [3.63, 3.8) is 0 Å². The van der Waals surface area contributed by atoms with Gasteiger partial charge >= 0.3 is 0 Å². The number of nitrogens with zero attached hydrogens (tertiary/aromatic N) is 1. The Bertz CT molecular complexity index is 900. The predicted molar refractivity (Wildman–Crippen MR) is 113 cm³/mol. The minimum absolute atomic E-state index is 0.00607. The van der Waals surface area contributed by atoms with Crippen molar-refractivity contribution in [3.05, 3.63) is 76.7 Å². The summed E-state index contributed by atoms with van der Waals surface area (Å²) in [4.78, 5) is 38.4. The number of aliphatic hydroxyl groups excluding tert-OH is 1. The summed E-state index contributed by atoms with van der Waals surface area (Å²) >= 11 is 0.875. The quantitative estimate of drug-likeness (QED) is 0.654. The zero-order valence-corrected chi connectivity index (χ0v) is 16.6. The van der Waals surface area contributed by atoms with E-state index < -0.39 is 6.04 Å². The van der Waals surface area contributed by atoms with Gasteiger partial charge in [0.2, 0.25) is 5.91 Å². The summed E-state index contributed by atoms with van der Waals surface area (Å²) in [6, 6.07) is 18.4. The molecule has 0 bridgehead atoms. The van der Waals surface area contributed by atoms with E-state index in [-0.39, 0.29) is 36.6 Å². The Hall–Kier alpha value is -2.90. The van der Waals surface area contributed by atoms with Gasteiger partial charge in [-0.1, -0.05) is 60.7 Å². The largest absolute Gasteiger partial charge is 0.394 e. The standard InChI is InChI=1S/C22H22N2O4S/c25-15-18(13-16-7-3-1-4-8-16)23-20(26)11-12-24-21(27)19(29-22(24)28)14-17-9-5-2-6-10-17/h1-10,14,18,25H,11-13,15H2,(H,23,26)/b19-14-/t18-/m0/s1. The molecule has 3 rings (SSSR count). The lowest BCUT2D eigenvalue weighted by atomic mass is 10.1. The maximum atomic E-state index is 12.5. The van der Waals surface area contributed by atoms with E-state index in [0.717, 1.165) is 27.8 Å². The molecule has 1 saturated heterocycles. The zero-order valence-electron chi connectivity index (χ0n) is 15.8. The smallest absolute Gasteiger partial charge is 0.293 e. The highest BCUT2D eigenvalue weighted by atomic mass is 32.2. The number of hydrogen-bond acceptors (Lipinski definition) is 5. The maximum absolute atomic E-state index is 12.5. The van der Waals surface area contributed by atoms with Crippen LogP contribution in [-0.2, 0) is 16.0 Å². The topological polar surface area (TPSA) is 86.7 Å². The molecule has 7 heteroatoms. The van der Waals surface area contributed by atoms with E-state index in [0.29, 0.717) is 11.3 Å². The number of imide groups is 1. The summed E-state index contributed by atoms with van der Waals surface area (Å²) in [5.74, 6) is -0.703. The van der Waals surface area contributed by atoms with Crippen LogP contribution in [0.5, 0.6) is 0 Å². The van der Waals surface area contributed by atoms with E-state index >= 15 is 0 Å². The zero-order chi connectivity index (χ0) is 20.6. The van der Waals surface area contributed by atoms with Gasteiger partial charge in [-0.3, -0.25) is 19.3 Å². The van der Waals surface area contributed by atoms with Gasteiger partial charge in [-0.2, -0.15) is 0 Å². The molecule has 6 nitrogen and oxygen atoms in total. The van der Waals surface area contributed by atoms with Gasteiger partial charge in [0, 0.05) is 13.0 Å². The highest BCUT2D eigenvalue weighted by Gasteiger charge is 2.35. The van der Waals surface area contributed by atoms with Crippen LogP contribution in [-0.4, -0.2) is 46.3 Å². The molecule has 29 heavy (non-hydrogen) atoms. The Kier molecular flexibility index (Phi) is 7.21. The minimum Gasteiger partial charge on any atom is -0.394 e. The number of amides is 3. The summed E-state index contributed by atoms with van der Waals surface area (Å²) in [6.07, 6.45) is 2.17. The van der Waals surface area contributed by atoms with Crippen LogP contribution in [0.25, 0.3) is 6.08 Å². The van der Waals surface area contributed by atoms with E-state index in [1.165, 1.54) is 0 Å². The van der Waals surface area contributed by atoms with E-state index in [1.807, 2.05) is 60.7 Å². The first kappa shape index (κ1) is 20.8. The van der Waals surface area contributed by atoms with Crippen LogP contribution in [0.4, 0.5) is 4.79 Å². The van der Waals surface area contributed by atoms with Gasteiger partial charge in [0.15, 0.2) is 0 Å². The fourth-order valence-corrected chi connectivity index (χ4v) is 3.83. The number of rotatable bonds is 8. The molecule has 3 amide bonds. The van der Waals surface area contributed by atoms with Crippen LogP contribution >= 0.6 is 11.8 Å². The highest BCUT2D eigenvalue weighted by Crippen LogP contribution is 2.32. The molecule has 1 heterocycles. The van der Waals surface area contributed by atoms with Crippen LogP contribution in [0.1, 0.15) is 17.5 Å². The number of nitrogens with one attached hydrogen (secondary N) is 1. The Balaban J connectivity index is 1.53. The molecule has 0 unspecified atom stereocenters. The summed E-state index contributed by atoms with van der Waals surface area (Å²) < 4.78 is 0. The third-order valence-corrected chi connectivity index (χ3v) is 5.35. The molecule has 0 spiro atoms. The molecule has 1 aliphatic rings. The molecular formula is C22H22N2O4S. The second-order valence-electron chi connectivity index (χ2n) is 6.63. The summed E-state index contributed by atoms with van der Waals surface area (Å²) in [7, 11) is 0. The maximum Gasteiger partial charge on any atom is 0.293 e. The number of thioether (sulfide) groups is 1. The number of carbonyl (C=O) groups is 3. The molecule has 0 aliphatic carbocycles. The van der Waals surface area contributed by atoms with E-state index in [2.05, 4.69) is 5.32 Å². The SMILES string of the molecule is O=C(CCN1C(=O)S/C(=C\c2ccccc2)C1=O)N[C@H](CO)Cc1ccccc1. The Morgan fingerprint density at radius 3 is 2.38 bits per heavy atom. The molecule has 2 N–H and O–H groups in total. The molecule has 0 aromatic heterocycles. The lowest BCUT2D eigenvalue weighted by Gasteiger charge is -2.18. The molecule has 1 aliphatic heterocycles. The van der Waals surface area contributed by atoms with Crippen molar-refractivity contribution in [2.24, 2.45) is 0 Å². The Morgan fingerprint density at radius 1 is 1.07 bits per heavy atom. The minimum atomic E-state index is -0.419. The molecule has 0 radical (unpaired) electrons. The molecule has 0 saturated carbocycles. The molecule has 2 aromatic carbocycles. The fraction of sp³-hybridized carbons (Fsp3) is 0.227. The monoisotopic (exact) mass is 410 g/mol. The normalized spacial score (nSPS) is 16.3. The van der Waals surface area contributed by atoms with Crippen molar-refractivity contribution < 1.29 is 19.5 Å². The average molecular weight is 410 g/mol. The number of hydrogen-bond donors (Lipinski definition) is 2. The molecule has 1 atom stereocenters. The third-order valence-electron chi connectivity index (χ3n) is 4.44. The number of carbonyl (C=O) groups excluding carboxylic acids is 3. The summed E-state index contributed by atoms with van der Waals surface area (Å²) in [5, 5.41) is 11.9.